The highest BCUT2D eigenvalue weighted by molar-refractivity contribution is 5.87. The summed E-state index contributed by atoms with van der Waals surface area (Å²) in [6, 6.07) is 7.12. The van der Waals surface area contributed by atoms with Crippen molar-refractivity contribution in [2.45, 2.75) is 25.7 Å². The molecule has 0 saturated carbocycles. The molecule has 0 atom stereocenters. The van der Waals surface area contributed by atoms with Gasteiger partial charge in [-0.3, -0.25) is 0 Å². The Kier molecular flexibility index (Phi) is 9.09. The van der Waals surface area contributed by atoms with E-state index >= 15 is 0 Å². The third-order valence-corrected chi connectivity index (χ3v) is 3.06. The van der Waals surface area contributed by atoms with Crippen LogP contribution < -0.4 is 0 Å². The maximum Gasteiger partial charge on any atom is 0.330 e. The molecule has 0 aromatic heterocycles. The number of rotatable bonds is 10. The summed E-state index contributed by atoms with van der Waals surface area (Å²) in [6.07, 6.45) is 9.05. The van der Waals surface area contributed by atoms with Gasteiger partial charge in [-0.15, -0.1) is 0 Å². The summed E-state index contributed by atoms with van der Waals surface area (Å²) in [7, 11) is 0. The molecule has 23 heavy (non-hydrogen) atoms. The van der Waals surface area contributed by atoms with Crippen molar-refractivity contribution in [1.29, 1.82) is 0 Å². The van der Waals surface area contributed by atoms with Gasteiger partial charge in [0.05, 0.1) is 6.61 Å². The van der Waals surface area contributed by atoms with Crippen LogP contribution in [0.3, 0.4) is 0 Å². The first kappa shape index (κ1) is 18.6. The minimum Gasteiger partial charge on any atom is -0.478 e. The predicted octanol–water partition coefficient (Wildman–Crippen LogP) is 2.89. The van der Waals surface area contributed by atoms with Crippen LogP contribution in [0.2, 0.25) is 0 Å². The van der Waals surface area contributed by atoms with Gasteiger partial charge in [0, 0.05) is 18.8 Å². The highest BCUT2D eigenvalue weighted by atomic mass is 16.5. The summed E-state index contributed by atoms with van der Waals surface area (Å²) in [5, 5.41) is 17.2. The van der Waals surface area contributed by atoms with E-state index in [1.54, 1.807) is 30.3 Å². The number of aliphatic hydroxyl groups excluding tert-OH is 1. The second kappa shape index (κ2) is 11.2. The maximum atomic E-state index is 11.5. The number of carboxylic acids is 1. The van der Waals surface area contributed by atoms with Crippen LogP contribution in [0, 0.1) is 0 Å². The van der Waals surface area contributed by atoms with Crippen LogP contribution in [-0.4, -0.2) is 35.4 Å². The summed E-state index contributed by atoms with van der Waals surface area (Å²) in [5.41, 5.74) is 1.60. The van der Waals surface area contributed by atoms with Gasteiger partial charge in [-0.25, -0.2) is 9.59 Å². The van der Waals surface area contributed by atoms with E-state index in [1.807, 2.05) is 0 Å². The van der Waals surface area contributed by atoms with Gasteiger partial charge in [-0.05, 0) is 42.5 Å². The zero-order chi connectivity index (χ0) is 16.9. The second-order valence-electron chi connectivity index (χ2n) is 4.98. The van der Waals surface area contributed by atoms with Crippen molar-refractivity contribution < 1.29 is 24.5 Å². The third-order valence-electron chi connectivity index (χ3n) is 3.06. The van der Waals surface area contributed by atoms with Crippen LogP contribution in [0.5, 0.6) is 0 Å². The Bertz CT molecular complexity index is 543. The van der Waals surface area contributed by atoms with E-state index in [1.165, 1.54) is 12.2 Å². The number of carboxylic acid groups (broad SMARTS) is 1. The first-order valence-electron chi connectivity index (χ1n) is 7.58. The Morgan fingerprint density at radius 3 is 2.04 bits per heavy atom. The van der Waals surface area contributed by atoms with Crippen LogP contribution in [0.15, 0.2) is 36.4 Å². The number of unbranched alkanes of at least 4 members (excludes halogenated alkanes) is 3. The summed E-state index contributed by atoms with van der Waals surface area (Å²) in [5.74, 6) is -1.38. The van der Waals surface area contributed by atoms with Crippen molar-refractivity contribution in [3.8, 4) is 0 Å². The molecule has 0 aliphatic heterocycles. The predicted molar refractivity (Wildman–Crippen MR) is 88.7 cm³/mol. The Hall–Kier alpha value is -2.40. The lowest BCUT2D eigenvalue weighted by molar-refractivity contribution is -0.137. The average Bonchev–Trinajstić information content (AvgIpc) is 2.55. The number of hydrogen-bond donors (Lipinski definition) is 2. The van der Waals surface area contributed by atoms with Crippen molar-refractivity contribution in [2.24, 2.45) is 0 Å². The summed E-state index contributed by atoms with van der Waals surface area (Å²) in [6.45, 7) is 0.584. The molecule has 5 heteroatoms. The molecule has 1 aromatic rings. The zero-order valence-corrected chi connectivity index (χ0v) is 13.0. The van der Waals surface area contributed by atoms with Gasteiger partial charge in [-0.1, -0.05) is 30.7 Å². The SMILES string of the molecule is O=C(O)C=Cc1ccc(C=CC(=O)OCCCCCCO)cc1. The first-order chi connectivity index (χ1) is 11.1. The van der Waals surface area contributed by atoms with E-state index in [0.717, 1.165) is 42.9 Å². The second-order valence-corrected chi connectivity index (χ2v) is 4.98. The van der Waals surface area contributed by atoms with Gasteiger partial charge in [-0.2, -0.15) is 0 Å². The van der Waals surface area contributed by atoms with Gasteiger partial charge >= 0.3 is 11.9 Å². The lowest BCUT2D eigenvalue weighted by Crippen LogP contribution is -2.02. The van der Waals surface area contributed by atoms with Gasteiger partial charge in [0.2, 0.25) is 0 Å². The van der Waals surface area contributed by atoms with E-state index in [-0.39, 0.29) is 12.6 Å². The number of carbonyl (C=O) groups is 2. The number of benzene rings is 1. The number of aliphatic hydroxyl groups is 1. The van der Waals surface area contributed by atoms with E-state index in [9.17, 15) is 9.59 Å². The smallest absolute Gasteiger partial charge is 0.330 e. The van der Waals surface area contributed by atoms with Crippen molar-refractivity contribution in [2.75, 3.05) is 13.2 Å². The van der Waals surface area contributed by atoms with Crippen LogP contribution in [0.1, 0.15) is 36.8 Å². The molecule has 0 fully saturated rings. The molecule has 0 unspecified atom stereocenters. The highest BCUT2D eigenvalue weighted by Gasteiger charge is 1.97. The Labute approximate surface area is 135 Å². The third kappa shape index (κ3) is 9.26. The zero-order valence-electron chi connectivity index (χ0n) is 13.0. The highest BCUT2D eigenvalue weighted by Crippen LogP contribution is 2.08. The normalized spacial score (nSPS) is 11.2. The lowest BCUT2D eigenvalue weighted by atomic mass is 10.1. The van der Waals surface area contributed by atoms with Crippen LogP contribution in [0.25, 0.3) is 12.2 Å². The minimum atomic E-state index is -0.993. The van der Waals surface area contributed by atoms with E-state index in [4.69, 9.17) is 14.9 Å². The van der Waals surface area contributed by atoms with Gasteiger partial charge in [0.25, 0.3) is 0 Å². The summed E-state index contributed by atoms with van der Waals surface area (Å²) in [4.78, 5) is 21.9. The van der Waals surface area contributed by atoms with E-state index in [0.29, 0.717) is 6.61 Å². The number of esters is 1. The monoisotopic (exact) mass is 318 g/mol. The summed E-state index contributed by atoms with van der Waals surface area (Å²) >= 11 is 0. The molecule has 5 nitrogen and oxygen atoms in total. The van der Waals surface area contributed by atoms with Crippen LogP contribution in [-0.2, 0) is 14.3 Å². The van der Waals surface area contributed by atoms with Gasteiger partial charge in [0.1, 0.15) is 0 Å². The molecule has 1 aromatic carbocycles. The number of ether oxygens (including phenoxy) is 1. The molecule has 0 spiro atoms. The van der Waals surface area contributed by atoms with Crippen molar-refractivity contribution >= 4 is 24.1 Å². The largest absolute Gasteiger partial charge is 0.478 e. The number of aliphatic carboxylic acids is 1. The summed E-state index contributed by atoms with van der Waals surface area (Å²) < 4.78 is 5.07. The molecular weight excluding hydrogens is 296 g/mol. The lowest BCUT2D eigenvalue weighted by Gasteiger charge is -2.01. The standard InChI is InChI=1S/C18H22O5/c19-13-3-1-2-4-14-23-18(22)12-10-16-7-5-15(6-8-16)9-11-17(20)21/h5-12,19H,1-4,13-14H2,(H,20,21). The molecule has 0 amide bonds. The Morgan fingerprint density at radius 1 is 0.913 bits per heavy atom. The fraction of sp³-hybridized carbons (Fsp3) is 0.333. The molecule has 2 N–H and O–H groups in total. The topological polar surface area (TPSA) is 83.8 Å². The van der Waals surface area contributed by atoms with Crippen LogP contribution in [0.4, 0.5) is 0 Å². The molecule has 0 aliphatic rings. The van der Waals surface area contributed by atoms with Crippen LogP contribution >= 0.6 is 0 Å². The molecule has 1 rings (SSSR count). The van der Waals surface area contributed by atoms with E-state index < -0.39 is 5.97 Å². The maximum absolute atomic E-state index is 11.5. The molecule has 124 valence electrons. The molecule has 0 bridgehead atoms. The van der Waals surface area contributed by atoms with Crippen molar-refractivity contribution in [1.82, 2.24) is 0 Å². The average molecular weight is 318 g/mol. The van der Waals surface area contributed by atoms with E-state index in [2.05, 4.69) is 0 Å². The molecular formula is C18H22O5. The fourth-order valence-electron chi connectivity index (χ4n) is 1.84. The van der Waals surface area contributed by atoms with Crippen molar-refractivity contribution in [3.63, 3.8) is 0 Å². The molecule has 0 heterocycles. The Balaban J connectivity index is 2.33. The van der Waals surface area contributed by atoms with Crippen molar-refractivity contribution in [3.05, 3.63) is 47.5 Å². The minimum absolute atomic E-state index is 0.202. The molecule has 0 radical (unpaired) electrons. The number of carbonyl (C=O) groups excluding carboxylic acids is 1. The molecule has 0 aliphatic carbocycles. The first-order valence-corrected chi connectivity index (χ1v) is 7.58. The van der Waals surface area contributed by atoms with Gasteiger partial charge in [0.15, 0.2) is 0 Å². The fourth-order valence-corrected chi connectivity index (χ4v) is 1.84. The molecule has 0 saturated heterocycles. The quantitative estimate of drug-likeness (QED) is 0.394. The Morgan fingerprint density at radius 2 is 1.48 bits per heavy atom. The van der Waals surface area contributed by atoms with Gasteiger partial charge < -0.3 is 14.9 Å². The number of hydrogen-bond acceptors (Lipinski definition) is 4.